The van der Waals surface area contributed by atoms with Gasteiger partial charge in [-0.25, -0.2) is 9.59 Å². The van der Waals surface area contributed by atoms with Crippen molar-refractivity contribution < 1.29 is 19.1 Å². The average Bonchev–Trinajstić information content (AvgIpc) is 3.11. The molecule has 0 aromatic heterocycles. The molecule has 49 heavy (non-hydrogen) atoms. The largest absolute Gasteiger partial charge is 0.423 e. The van der Waals surface area contributed by atoms with Crippen molar-refractivity contribution in [1.29, 1.82) is 5.26 Å². The number of aryl methyl sites for hydroxylation is 1. The minimum Gasteiger partial charge on any atom is -0.423 e. The number of rotatable bonds is 14. The molecule has 7 heteroatoms. The molecule has 0 spiro atoms. The molecule has 0 radical (unpaired) electrons. The Morgan fingerprint density at radius 3 is 1.88 bits per heavy atom. The Morgan fingerprint density at radius 1 is 0.694 bits per heavy atom. The first-order valence-corrected chi connectivity index (χ1v) is 18.2. The maximum atomic E-state index is 12.9. The fraction of sp³-hybridized carbons (Fsp3) is 0.357. The number of ether oxygens (including phenoxy) is 2. The van der Waals surface area contributed by atoms with Crippen LogP contribution in [0, 0.1) is 23.2 Å². The molecule has 4 aromatic carbocycles. The third kappa shape index (κ3) is 10.4. The predicted molar refractivity (Wildman–Crippen MR) is 197 cm³/mol. The Morgan fingerprint density at radius 2 is 1.27 bits per heavy atom. The number of unbranched alkanes of at least 4 members (excludes halogenated alkanes) is 4. The molecule has 0 N–H and O–H groups in total. The first-order chi connectivity index (χ1) is 23.8. The van der Waals surface area contributed by atoms with Gasteiger partial charge in [0.2, 0.25) is 0 Å². The number of nitriles is 1. The van der Waals surface area contributed by atoms with Gasteiger partial charge in [-0.05, 0) is 77.8 Å². The molecule has 1 fully saturated rings. The van der Waals surface area contributed by atoms with Crippen LogP contribution in [0.5, 0.6) is 11.5 Å². The normalized spacial score (nSPS) is 15.7. The van der Waals surface area contributed by atoms with Gasteiger partial charge < -0.3 is 9.47 Å². The van der Waals surface area contributed by atoms with Crippen LogP contribution in [0.25, 0.3) is 11.1 Å². The molecule has 0 amide bonds. The van der Waals surface area contributed by atoms with Gasteiger partial charge in [-0.2, -0.15) is 5.26 Å². The van der Waals surface area contributed by atoms with Gasteiger partial charge in [0.05, 0.1) is 26.7 Å². The van der Waals surface area contributed by atoms with E-state index in [4.69, 9.17) is 37.9 Å². The summed E-state index contributed by atoms with van der Waals surface area (Å²) in [4.78, 5) is 25.5. The summed E-state index contributed by atoms with van der Waals surface area (Å²) in [5, 5.41) is 9.25. The summed E-state index contributed by atoms with van der Waals surface area (Å²) < 4.78 is 10.9. The van der Waals surface area contributed by atoms with Gasteiger partial charge in [-0.3, -0.25) is 0 Å². The highest BCUT2D eigenvalue weighted by Gasteiger charge is 2.21. The molecule has 0 saturated heterocycles. The van der Waals surface area contributed by atoms with Crippen molar-refractivity contribution in [3.8, 4) is 28.7 Å². The summed E-state index contributed by atoms with van der Waals surface area (Å²) in [6.45, 7) is 2.28. The van der Waals surface area contributed by atoms with E-state index in [0.717, 1.165) is 29.4 Å². The van der Waals surface area contributed by atoms with Crippen LogP contribution in [-0.4, -0.2) is 11.9 Å². The van der Waals surface area contributed by atoms with E-state index >= 15 is 0 Å². The van der Waals surface area contributed by atoms with Gasteiger partial charge in [0.1, 0.15) is 17.6 Å². The van der Waals surface area contributed by atoms with Crippen LogP contribution in [0.4, 0.5) is 0 Å². The summed E-state index contributed by atoms with van der Waals surface area (Å²) in [6, 6.07) is 26.6. The topological polar surface area (TPSA) is 76.4 Å². The lowest BCUT2D eigenvalue weighted by Crippen LogP contribution is -2.15. The van der Waals surface area contributed by atoms with Crippen LogP contribution in [0.3, 0.4) is 0 Å². The predicted octanol–water partition coefficient (Wildman–Crippen LogP) is 12.1. The van der Waals surface area contributed by atoms with Crippen molar-refractivity contribution in [2.45, 2.75) is 84.0 Å². The summed E-state index contributed by atoms with van der Waals surface area (Å²) >= 11 is 12.3. The lowest BCUT2D eigenvalue weighted by molar-refractivity contribution is 0.0730. The van der Waals surface area contributed by atoms with E-state index < -0.39 is 11.9 Å². The summed E-state index contributed by atoms with van der Waals surface area (Å²) in [7, 11) is 0. The quantitative estimate of drug-likeness (QED) is 0.0745. The van der Waals surface area contributed by atoms with Crippen molar-refractivity contribution in [3.63, 3.8) is 0 Å². The molecular weight excluding hydrogens is 653 g/mol. The van der Waals surface area contributed by atoms with Gasteiger partial charge in [0, 0.05) is 12.1 Å². The van der Waals surface area contributed by atoms with Crippen LogP contribution in [-0.2, 0) is 6.42 Å². The molecule has 1 aliphatic carbocycles. The van der Waals surface area contributed by atoms with Gasteiger partial charge in [0.25, 0.3) is 0 Å². The summed E-state index contributed by atoms with van der Waals surface area (Å²) in [5.41, 5.74) is 4.24. The van der Waals surface area contributed by atoms with E-state index in [1.165, 1.54) is 113 Å². The number of esters is 2. The van der Waals surface area contributed by atoms with Crippen molar-refractivity contribution >= 4 is 35.1 Å². The first kappa shape index (κ1) is 36.2. The van der Waals surface area contributed by atoms with Gasteiger partial charge in [0.15, 0.2) is 0 Å². The summed E-state index contributed by atoms with van der Waals surface area (Å²) in [5.74, 6) is 0.921. The van der Waals surface area contributed by atoms with Crippen LogP contribution in [0.2, 0.25) is 10.0 Å². The number of hydrogen-bond acceptors (Lipinski definition) is 5. The lowest BCUT2D eigenvalue weighted by Gasteiger charge is -2.28. The smallest absolute Gasteiger partial charge is 0.345 e. The zero-order chi connectivity index (χ0) is 34.6. The van der Waals surface area contributed by atoms with Crippen LogP contribution < -0.4 is 9.47 Å². The van der Waals surface area contributed by atoms with Crippen LogP contribution in [0.15, 0.2) is 84.9 Å². The van der Waals surface area contributed by atoms with Gasteiger partial charge in [-0.1, -0.05) is 131 Å². The van der Waals surface area contributed by atoms with Crippen molar-refractivity contribution in [1.82, 2.24) is 0 Å². The van der Waals surface area contributed by atoms with E-state index in [0.29, 0.717) is 5.56 Å². The monoisotopic (exact) mass is 695 g/mol. The second kappa shape index (κ2) is 18.0. The molecule has 0 aliphatic heterocycles. The minimum absolute atomic E-state index is 0.0599. The fourth-order valence-corrected chi connectivity index (χ4v) is 7.04. The Bertz CT molecular complexity index is 1750. The van der Waals surface area contributed by atoms with E-state index in [1.54, 1.807) is 12.1 Å². The maximum Gasteiger partial charge on any atom is 0.345 e. The highest BCUT2D eigenvalue weighted by molar-refractivity contribution is 6.34. The number of halogens is 2. The van der Waals surface area contributed by atoms with Gasteiger partial charge >= 0.3 is 11.9 Å². The molecule has 0 unspecified atom stereocenters. The Hall–Kier alpha value is -4.11. The minimum atomic E-state index is -0.715. The zero-order valence-electron chi connectivity index (χ0n) is 28.1. The van der Waals surface area contributed by atoms with Crippen LogP contribution in [0.1, 0.15) is 109 Å². The molecule has 1 aliphatic rings. The zero-order valence-corrected chi connectivity index (χ0v) is 29.6. The van der Waals surface area contributed by atoms with E-state index in [1.807, 2.05) is 18.2 Å². The van der Waals surface area contributed by atoms with E-state index in [-0.39, 0.29) is 32.7 Å². The SMILES string of the molecule is CCCCCCC[C@H]1CC[C@H](CCc2ccc(-c3ccc(C(=O)Oc4ccc(C(=O)Oc5ccc(C#N)c(Cl)c5)c(Cl)c4)cc3)cc2)CC1. The third-order valence-electron chi connectivity index (χ3n) is 9.57. The lowest BCUT2D eigenvalue weighted by atomic mass is 9.77. The van der Waals surface area contributed by atoms with Gasteiger partial charge in [-0.15, -0.1) is 0 Å². The fourth-order valence-electron chi connectivity index (χ4n) is 6.58. The van der Waals surface area contributed by atoms with Crippen molar-refractivity contribution in [2.24, 2.45) is 11.8 Å². The number of benzene rings is 4. The maximum absolute atomic E-state index is 12.9. The molecule has 254 valence electrons. The highest BCUT2D eigenvalue weighted by atomic mass is 35.5. The second-order valence-corrected chi connectivity index (χ2v) is 13.9. The number of hydrogen-bond donors (Lipinski definition) is 0. The third-order valence-corrected chi connectivity index (χ3v) is 10.2. The molecular formula is C42H43Cl2NO4. The number of carbonyl (C=O) groups excluding carboxylic acids is 2. The standard InChI is InChI=1S/C42H43Cl2NO4/c1-2-3-4-5-6-7-29-8-10-30(11-9-29)12-13-31-14-16-32(17-15-31)33-18-20-34(21-19-33)41(46)48-37-24-25-38(40(44)27-37)42(47)49-36-23-22-35(28-45)39(43)26-36/h14-27,29-30H,2-13H2,1H3/t29-,30-. The molecule has 5 rings (SSSR count). The van der Waals surface area contributed by atoms with E-state index in [2.05, 4.69) is 31.2 Å². The van der Waals surface area contributed by atoms with E-state index in [9.17, 15) is 9.59 Å². The Labute approximate surface area is 300 Å². The molecule has 0 atom stereocenters. The summed E-state index contributed by atoms with van der Waals surface area (Å²) in [6.07, 6.45) is 16.4. The van der Waals surface area contributed by atoms with Crippen molar-refractivity contribution in [2.75, 3.05) is 0 Å². The van der Waals surface area contributed by atoms with Crippen molar-refractivity contribution in [3.05, 3.63) is 117 Å². The number of nitrogens with zero attached hydrogens (tertiary/aromatic N) is 1. The molecule has 0 bridgehead atoms. The van der Waals surface area contributed by atoms with Crippen LogP contribution >= 0.6 is 23.2 Å². The molecule has 5 nitrogen and oxygen atoms in total. The second-order valence-electron chi connectivity index (χ2n) is 13.1. The molecule has 0 heterocycles. The Kier molecular flexibility index (Phi) is 13.3. The first-order valence-electron chi connectivity index (χ1n) is 17.5. The molecule has 1 saturated carbocycles. The highest BCUT2D eigenvalue weighted by Crippen LogP contribution is 2.35. The molecule has 4 aromatic rings. The number of carbonyl (C=O) groups is 2. The average molecular weight is 697 g/mol. The Balaban J connectivity index is 1.07.